The number of furan rings is 1. The number of carbonyl (C=O) groups excluding carboxylic acids is 1. The molecule has 0 saturated carbocycles. The Labute approximate surface area is 128 Å². The van der Waals surface area contributed by atoms with E-state index in [9.17, 15) is 9.90 Å². The summed E-state index contributed by atoms with van der Waals surface area (Å²) in [5.41, 5.74) is 1.37. The van der Waals surface area contributed by atoms with E-state index in [0.717, 1.165) is 18.7 Å². The van der Waals surface area contributed by atoms with Crippen molar-refractivity contribution in [3.05, 3.63) is 48.4 Å². The second kappa shape index (κ2) is 6.67. The topological polar surface area (TPSA) is 91.5 Å². The molecule has 7 heteroatoms. The molecule has 116 valence electrons. The van der Waals surface area contributed by atoms with E-state index < -0.39 is 0 Å². The Morgan fingerprint density at radius 2 is 2.36 bits per heavy atom. The van der Waals surface area contributed by atoms with E-state index in [-0.39, 0.29) is 30.2 Å². The summed E-state index contributed by atoms with van der Waals surface area (Å²) in [6, 6.07) is 1.81. The molecule has 2 N–H and O–H groups in total. The molecule has 0 bridgehead atoms. The SMILES string of the molecule is O=C(N[C@@H]1CN(Cc2ccoc2)C[C@H]1CO)c1cnccn1. The first kappa shape index (κ1) is 14.7. The summed E-state index contributed by atoms with van der Waals surface area (Å²) >= 11 is 0. The second-order valence-corrected chi connectivity index (χ2v) is 5.44. The lowest BCUT2D eigenvalue weighted by Crippen LogP contribution is -2.41. The molecular formula is C15H18N4O3. The van der Waals surface area contributed by atoms with Gasteiger partial charge in [-0.3, -0.25) is 14.7 Å². The predicted octanol–water partition coefficient (Wildman–Crippen LogP) is 0.292. The highest BCUT2D eigenvalue weighted by molar-refractivity contribution is 5.92. The Morgan fingerprint density at radius 1 is 1.45 bits per heavy atom. The zero-order valence-electron chi connectivity index (χ0n) is 12.1. The van der Waals surface area contributed by atoms with E-state index in [0.29, 0.717) is 6.54 Å². The highest BCUT2D eigenvalue weighted by atomic mass is 16.3. The van der Waals surface area contributed by atoms with Crippen LogP contribution in [0.1, 0.15) is 16.1 Å². The van der Waals surface area contributed by atoms with Crippen LogP contribution in [0.5, 0.6) is 0 Å². The van der Waals surface area contributed by atoms with Crippen molar-refractivity contribution < 1.29 is 14.3 Å². The minimum atomic E-state index is -0.262. The van der Waals surface area contributed by atoms with Crippen LogP contribution in [0.2, 0.25) is 0 Å². The zero-order chi connectivity index (χ0) is 15.4. The van der Waals surface area contributed by atoms with Crippen LogP contribution >= 0.6 is 0 Å². The van der Waals surface area contributed by atoms with Gasteiger partial charge < -0.3 is 14.8 Å². The smallest absolute Gasteiger partial charge is 0.271 e. The maximum atomic E-state index is 12.2. The monoisotopic (exact) mass is 302 g/mol. The first-order chi connectivity index (χ1) is 10.8. The maximum absolute atomic E-state index is 12.2. The maximum Gasteiger partial charge on any atom is 0.271 e. The number of nitrogens with zero attached hydrogens (tertiary/aromatic N) is 3. The fourth-order valence-corrected chi connectivity index (χ4v) is 2.74. The Balaban J connectivity index is 1.61. The number of aromatic nitrogens is 2. The Hall–Kier alpha value is -2.25. The summed E-state index contributed by atoms with van der Waals surface area (Å²) in [5.74, 6) is -0.255. The number of hydrogen-bond donors (Lipinski definition) is 2. The molecule has 3 heterocycles. The summed E-state index contributed by atoms with van der Waals surface area (Å²) in [5, 5.41) is 12.5. The third-order valence-corrected chi connectivity index (χ3v) is 3.85. The van der Waals surface area contributed by atoms with E-state index in [1.54, 1.807) is 12.5 Å². The van der Waals surface area contributed by atoms with E-state index in [1.165, 1.54) is 18.6 Å². The van der Waals surface area contributed by atoms with E-state index in [4.69, 9.17) is 4.42 Å². The molecule has 0 unspecified atom stereocenters. The predicted molar refractivity (Wildman–Crippen MR) is 77.8 cm³/mol. The molecule has 2 atom stereocenters. The van der Waals surface area contributed by atoms with Crippen LogP contribution in [-0.4, -0.2) is 51.6 Å². The summed E-state index contributed by atoms with van der Waals surface area (Å²) in [6.07, 6.45) is 7.79. The van der Waals surface area contributed by atoms with Crippen LogP contribution in [0, 0.1) is 5.92 Å². The van der Waals surface area contributed by atoms with Gasteiger partial charge in [0.2, 0.25) is 0 Å². The van der Waals surface area contributed by atoms with Crippen LogP contribution in [0.4, 0.5) is 0 Å². The molecule has 2 aromatic heterocycles. The molecule has 3 rings (SSSR count). The van der Waals surface area contributed by atoms with Gasteiger partial charge >= 0.3 is 0 Å². The number of aliphatic hydroxyl groups excluding tert-OH is 1. The van der Waals surface area contributed by atoms with Gasteiger partial charge in [0.15, 0.2) is 0 Å². The number of hydrogen-bond acceptors (Lipinski definition) is 6. The van der Waals surface area contributed by atoms with Crippen LogP contribution in [0.3, 0.4) is 0 Å². The molecule has 1 amide bonds. The highest BCUT2D eigenvalue weighted by Crippen LogP contribution is 2.19. The summed E-state index contributed by atoms with van der Waals surface area (Å²) in [4.78, 5) is 22.2. The number of amides is 1. The molecular weight excluding hydrogens is 284 g/mol. The van der Waals surface area contributed by atoms with Gasteiger partial charge in [0.25, 0.3) is 5.91 Å². The van der Waals surface area contributed by atoms with Gasteiger partial charge in [0.1, 0.15) is 5.69 Å². The van der Waals surface area contributed by atoms with Crippen molar-refractivity contribution in [2.75, 3.05) is 19.7 Å². The van der Waals surface area contributed by atoms with Gasteiger partial charge in [-0.2, -0.15) is 0 Å². The molecule has 0 aliphatic carbocycles. The first-order valence-corrected chi connectivity index (χ1v) is 7.17. The van der Waals surface area contributed by atoms with E-state index in [2.05, 4.69) is 20.2 Å². The van der Waals surface area contributed by atoms with Gasteiger partial charge in [-0.05, 0) is 6.07 Å². The van der Waals surface area contributed by atoms with E-state index in [1.807, 2.05) is 6.07 Å². The van der Waals surface area contributed by atoms with Gasteiger partial charge in [0, 0.05) is 56.2 Å². The Bertz CT molecular complexity index is 603. The number of nitrogens with one attached hydrogen (secondary N) is 1. The third-order valence-electron chi connectivity index (χ3n) is 3.85. The van der Waals surface area contributed by atoms with Crippen molar-refractivity contribution in [2.24, 2.45) is 5.92 Å². The molecule has 1 saturated heterocycles. The molecule has 7 nitrogen and oxygen atoms in total. The van der Waals surface area contributed by atoms with Crippen LogP contribution < -0.4 is 5.32 Å². The number of rotatable bonds is 5. The molecule has 1 aliphatic rings. The molecule has 0 radical (unpaired) electrons. The lowest BCUT2D eigenvalue weighted by atomic mass is 10.1. The minimum absolute atomic E-state index is 0.00697. The lowest BCUT2D eigenvalue weighted by Gasteiger charge is -2.17. The third kappa shape index (κ3) is 3.32. The molecule has 0 aromatic carbocycles. The average Bonchev–Trinajstić information content (AvgIpc) is 3.18. The highest BCUT2D eigenvalue weighted by Gasteiger charge is 2.33. The molecule has 0 spiro atoms. The van der Waals surface area contributed by atoms with Crippen molar-refractivity contribution in [1.82, 2.24) is 20.2 Å². The van der Waals surface area contributed by atoms with Gasteiger partial charge in [-0.15, -0.1) is 0 Å². The largest absolute Gasteiger partial charge is 0.472 e. The van der Waals surface area contributed by atoms with Crippen LogP contribution in [0.15, 0.2) is 41.6 Å². The number of carbonyl (C=O) groups is 1. The van der Waals surface area contributed by atoms with Gasteiger partial charge in [0.05, 0.1) is 18.7 Å². The van der Waals surface area contributed by atoms with Crippen LogP contribution in [-0.2, 0) is 6.54 Å². The lowest BCUT2D eigenvalue weighted by molar-refractivity contribution is 0.0915. The van der Waals surface area contributed by atoms with Crippen molar-refractivity contribution in [3.63, 3.8) is 0 Å². The van der Waals surface area contributed by atoms with Crippen molar-refractivity contribution in [2.45, 2.75) is 12.6 Å². The fourth-order valence-electron chi connectivity index (χ4n) is 2.74. The van der Waals surface area contributed by atoms with Gasteiger partial charge in [-0.1, -0.05) is 0 Å². The van der Waals surface area contributed by atoms with Crippen molar-refractivity contribution in [3.8, 4) is 0 Å². The number of likely N-dealkylation sites (tertiary alicyclic amines) is 1. The first-order valence-electron chi connectivity index (χ1n) is 7.17. The van der Waals surface area contributed by atoms with Crippen LogP contribution in [0.25, 0.3) is 0 Å². The molecule has 1 aliphatic heterocycles. The summed E-state index contributed by atoms with van der Waals surface area (Å²) in [7, 11) is 0. The summed E-state index contributed by atoms with van der Waals surface area (Å²) in [6.45, 7) is 2.19. The minimum Gasteiger partial charge on any atom is -0.472 e. The Morgan fingerprint density at radius 3 is 3.05 bits per heavy atom. The average molecular weight is 302 g/mol. The standard InChI is InChI=1S/C15H18N4O3/c20-9-12-7-19(6-11-1-4-22-10-11)8-14(12)18-15(21)13-5-16-2-3-17-13/h1-5,10,12,14,20H,6-9H2,(H,18,21)/t12-,14+/m0/s1. The van der Waals surface area contributed by atoms with Gasteiger partial charge in [-0.25, -0.2) is 4.98 Å². The molecule has 2 aromatic rings. The van der Waals surface area contributed by atoms with E-state index >= 15 is 0 Å². The quantitative estimate of drug-likeness (QED) is 0.825. The fraction of sp³-hybridized carbons (Fsp3) is 0.400. The van der Waals surface area contributed by atoms with Crippen molar-refractivity contribution >= 4 is 5.91 Å². The Kier molecular flexibility index (Phi) is 4.45. The normalized spacial score (nSPS) is 21.9. The molecule has 1 fully saturated rings. The molecule has 22 heavy (non-hydrogen) atoms. The summed E-state index contributed by atoms with van der Waals surface area (Å²) < 4.78 is 5.07. The number of aliphatic hydroxyl groups is 1. The second-order valence-electron chi connectivity index (χ2n) is 5.44. The zero-order valence-corrected chi connectivity index (χ0v) is 12.1. The van der Waals surface area contributed by atoms with Crippen molar-refractivity contribution in [1.29, 1.82) is 0 Å².